The molecule has 1 N–H and O–H groups in total. The van der Waals surface area contributed by atoms with Gasteiger partial charge >= 0.3 is 6.03 Å². The van der Waals surface area contributed by atoms with Crippen molar-refractivity contribution in [1.29, 1.82) is 0 Å². The molecule has 132 valence electrons. The largest absolute Gasteiger partial charge is 0.342 e. The van der Waals surface area contributed by atoms with Crippen LogP contribution in [0.1, 0.15) is 20.8 Å². The third-order valence-corrected chi connectivity index (χ3v) is 3.95. The van der Waals surface area contributed by atoms with Crippen molar-refractivity contribution in [3.8, 4) is 0 Å². The summed E-state index contributed by atoms with van der Waals surface area (Å²) in [6.45, 7) is 3.66. The Morgan fingerprint density at radius 3 is 2.62 bits per heavy atom. The van der Waals surface area contributed by atoms with E-state index in [0.29, 0.717) is 4.90 Å². The molecule has 3 heterocycles. The van der Waals surface area contributed by atoms with Crippen molar-refractivity contribution in [2.45, 2.75) is 50.6 Å². The first-order valence-corrected chi connectivity index (χ1v) is 7.05. The van der Waals surface area contributed by atoms with Gasteiger partial charge < -0.3 is 19.0 Å². The number of imide groups is 2. The third-order valence-electron chi connectivity index (χ3n) is 3.95. The molecule has 4 atom stereocenters. The van der Waals surface area contributed by atoms with Crippen LogP contribution in [0.4, 0.5) is 4.79 Å². The molecule has 0 aromatic rings. The van der Waals surface area contributed by atoms with E-state index < -0.39 is 59.4 Å². The molecule has 3 saturated heterocycles. The molecule has 3 aliphatic heterocycles. The molecule has 12 nitrogen and oxygen atoms in total. The minimum Gasteiger partial charge on any atom is -0.342 e. The highest BCUT2D eigenvalue weighted by atomic mass is 17.0. The quantitative estimate of drug-likeness (QED) is 0.383. The Morgan fingerprint density at radius 2 is 2.04 bits per heavy atom. The average molecular weight is 345 g/mol. The number of fused-ring (bicyclic) bond motifs is 2. The zero-order valence-corrected chi connectivity index (χ0v) is 13.0. The van der Waals surface area contributed by atoms with Crippen molar-refractivity contribution in [2.24, 2.45) is 0 Å². The summed E-state index contributed by atoms with van der Waals surface area (Å²) in [5.41, 5.74) is -2.09. The minimum absolute atomic E-state index is 0.553. The molecule has 1 spiro atoms. The van der Waals surface area contributed by atoms with Gasteiger partial charge in [0, 0.05) is 6.92 Å². The fourth-order valence-corrected chi connectivity index (χ4v) is 3.23. The van der Waals surface area contributed by atoms with Crippen LogP contribution >= 0.6 is 0 Å². The number of nitrogens with one attached hydrogen (secondary N) is 1. The van der Waals surface area contributed by atoms with Crippen LogP contribution in [0.15, 0.2) is 0 Å². The molecule has 0 radical (unpaired) electrons. The summed E-state index contributed by atoms with van der Waals surface area (Å²) in [4.78, 5) is 51.6. The highest BCUT2D eigenvalue weighted by Gasteiger charge is 2.73. The normalized spacial score (nSPS) is 36.8. The van der Waals surface area contributed by atoms with Crippen LogP contribution in [0.2, 0.25) is 0 Å². The third kappa shape index (κ3) is 2.22. The number of amides is 4. The van der Waals surface area contributed by atoms with Gasteiger partial charge in [0.1, 0.15) is 24.9 Å². The van der Waals surface area contributed by atoms with Gasteiger partial charge in [-0.1, -0.05) is 0 Å². The van der Waals surface area contributed by atoms with Crippen molar-refractivity contribution < 1.29 is 38.5 Å². The van der Waals surface area contributed by atoms with Crippen LogP contribution in [0, 0.1) is 10.1 Å². The predicted octanol–water partition coefficient (Wildman–Crippen LogP) is -1.09. The number of hydrogen-bond donors (Lipinski definition) is 1. The highest BCUT2D eigenvalue weighted by Crippen LogP contribution is 2.47. The van der Waals surface area contributed by atoms with Gasteiger partial charge in [-0.2, -0.15) is 0 Å². The monoisotopic (exact) mass is 345 g/mol. The van der Waals surface area contributed by atoms with E-state index in [1.54, 1.807) is 13.8 Å². The lowest BCUT2D eigenvalue weighted by atomic mass is 10.0. The molecule has 0 aromatic heterocycles. The molecular weight excluding hydrogens is 330 g/mol. The molecule has 3 rings (SSSR count). The Balaban J connectivity index is 2.01. The van der Waals surface area contributed by atoms with Gasteiger partial charge in [0.2, 0.25) is 5.91 Å². The number of nitrogens with zero attached hydrogens (tertiary/aromatic N) is 2. The van der Waals surface area contributed by atoms with Gasteiger partial charge in [-0.05, 0) is 13.8 Å². The SMILES string of the molecule is CC(=O)N1C(=O)NC(=O)[C@]12O[C@H](CO[N+](=O)[O-])[C@H]1OC(C)(C)O[C@H]12. The highest BCUT2D eigenvalue weighted by molar-refractivity contribution is 6.13. The van der Waals surface area contributed by atoms with Gasteiger partial charge in [0.15, 0.2) is 5.79 Å². The Labute approximate surface area is 135 Å². The lowest BCUT2D eigenvalue weighted by Crippen LogP contribution is -2.59. The zero-order valence-electron chi connectivity index (χ0n) is 13.0. The maximum absolute atomic E-state index is 12.4. The number of carbonyl (C=O) groups excluding carboxylic acids is 3. The molecule has 0 aliphatic carbocycles. The maximum atomic E-state index is 12.4. The second-order valence-corrected chi connectivity index (χ2v) is 6.01. The molecule has 4 amide bonds. The van der Waals surface area contributed by atoms with Crippen molar-refractivity contribution in [3.05, 3.63) is 10.1 Å². The minimum atomic E-state index is -2.09. The molecule has 0 bridgehead atoms. The lowest BCUT2D eigenvalue weighted by Gasteiger charge is -2.33. The van der Waals surface area contributed by atoms with Gasteiger partial charge in [-0.15, -0.1) is 10.1 Å². The van der Waals surface area contributed by atoms with Crippen LogP contribution in [0.25, 0.3) is 0 Å². The fraction of sp³-hybridized carbons (Fsp3) is 0.750. The maximum Gasteiger partial charge on any atom is 0.333 e. The first-order chi connectivity index (χ1) is 11.1. The summed E-state index contributed by atoms with van der Waals surface area (Å²) >= 11 is 0. The summed E-state index contributed by atoms with van der Waals surface area (Å²) in [7, 11) is 0. The van der Waals surface area contributed by atoms with E-state index in [1.807, 2.05) is 5.32 Å². The molecule has 3 aliphatic rings. The number of ether oxygens (including phenoxy) is 3. The summed E-state index contributed by atoms with van der Waals surface area (Å²) in [6, 6.07) is -0.963. The van der Waals surface area contributed by atoms with E-state index in [1.165, 1.54) is 0 Å². The predicted molar refractivity (Wildman–Crippen MR) is 70.4 cm³/mol. The first kappa shape index (κ1) is 16.5. The van der Waals surface area contributed by atoms with Crippen LogP contribution in [0.5, 0.6) is 0 Å². The summed E-state index contributed by atoms with van der Waals surface area (Å²) in [5.74, 6) is -2.79. The van der Waals surface area contributed by atoms with Crippen molar-refractivity contribution in [3.63, 3.8) is 0 Å². The molecule has 0 aromatic carbocycles. The number of urea groups is 1. The average Bonchev–Trinajstić information content (AvgIpc) is 2.98. The van der Waals surface area contributed by atoms with Crippen LogP contribution < -0.4 is 5.32 Å². The van der Waals surface area contributed by atoms with E-state index in [-0.39, 0.29) is 0 Å². The summed E-state index contributed by atoms with van der Waals surface area (Å²) < 4.78 is 16.9. The number of hydrogen-bond acceptors (Lipinski definition) is 9. The van der Waals surface area contributed by atoms with E-state index in [9.17, 15) is 24.5 Å². The molecule has 0 unspecified atom stereocenters. The molecule has 24 heavy (non-hydrogen) atoms. The Kier molecular flexibility index (Phi) is 3.51. The lowest BCUT2D eigenvalue weighted by molar-refractivity contribution is -0.759. The molecular formula is C12H15N3O9. The van der Waals surface area contributed by atoms with E-state index >= 15 is 0 Å². The fourth-order valence-electron chi connectivity index (χ4n) is 3.23. The first-order valence-electron chi connectivity index (χ1n) is 7.05. The summed E-state index contributed by atoms with van der Waals surface area (Å²) in [5, 5.41) is 11.4. The van der Waals surface area contributed by atoms with E-state index in [0.717, 1.165) is 6.92 Å². The zero-order chi connectivity index (χ0) is 17.9. The van der Waals surface area contributed by atoms with Crippen molar-refractivity contribution in [2.75, 3.05) is 6.61 Å². The van der Waals surface area contributed by atoms with Crippen LogP contribution in [-0.2, 0) is 28.6 Å². The molecule has 12 heteroatoms. The Hall–Kier alpha value is -2.31. The van der Waals surface area contributed by atoms with Gasteiger partial charge in [0.25, 0.3) is 16.7 Å². The van der Waals surface area contributed by atoms with E-state index in [2.05, 4.69) is 4.84 Å². The van der Waals surface area contributed by atoms with Gasteiger partial charge in [-0.3, -0.25) is 14.9 Å². The van der Waals surface area contributed by atoms with Crippen LogP contribution in [-0.4, -0.2) is 64.3 Å². The number of rotatable bonds is 3. The van der Waals surface area contributed by atoms with Crippen molar-refractivity contribution in [1.82, 2.24) is 10.2 Å². The second-order valence-electron chi connectivity index (χ2n) is 6.01. The number of carbonyl (C=O) groups is 3. The smallest absolute Gasteiger partial charge is 0.333 e. The van der Waals surface area contributed by atoms with Gasteiger partial charge in [-0.25, -0.2) is 9.69 Å². The van der Waals surface area contributed by atoms with Gasteiger partial charge in [0.05, 0.1) is 0 Å². The van der Waals surface area contributed by atoms with Crippen molar-refractivity contribution >= 4 is 17.8 Å². The second kappa shape index (κ2) is 5.09. The van der Waals surface area contributed by atoms with Crippen LogP contribution in [0.3, 0.4) is 0 Å². The summed E-state index contributed by atoms with van der Waals surface area (Å²) in [6.07, 6.45) is -3.19. The topological polar surface area (TPSA) is 147 Å². The standard InChI is InChI=1S/C12H15N3O9/c1-5(16)14-10(18)13-9(17)12(14)8-7(23-11(2,3)24-8)6(22-12)4-21-15(19)20/h6-8H,4H2,1-3H3,(H,13,17,18)/t6-,7-,8-,12+/m1/s1. The van der Waals surface area contributed by atoms with E-state index in [4.69, 9.17) is 14.2 Å². The molecule has 3 fully saturated rings. The Morgan fingerprint density at radius 1 is 1.38 bits per heavy atom. The molecule has 0 saturated carbocycles. The Bertz CT molecular complexity index is 635.